The van der Waals surface area contributed by atoms with Crippen LogP contribution in [0.25, 0.3) is 0 Å². The van der Waals surface area contributed by atoms with Crippen molar-refractivity contribution >= 4 is 27.6 Å². The number of nitrogens with one attached hydrogen (secondary N) is 1. The number of carbonyl (C=O) groups is 1. The van der Waals surface area contributed by atoms with Crippen molar-refractivity contribution in [3.63, 3.8) is 0 Å². The van der Waals surface area contributed by atoms with Gasteiger partial charge in [0, 0.05) is 15.6 Å². The van der Waals surface area contributed by atoms with Gasteiger partial charge in [0.25, 0.3) is 0 Å². The van der Waals surface area contributed by atoms with Gasteiger partial charge in [0.1, 0.15) is 11.3 Å². The molecule has 0 saturated heterocycles. The average Bonchev–Trinajstić information content (AvgIpc) is 3.15. The van der Waals surface area contributed by atoms with E-state index in [0.29, 0.717) is 18.8 Å². The molecule has 0 bridgehead atoms. The number of hydrogen-bond acceptors (Lipinski definition) is 3. The molecule has 1 unspecified atom stereocenters. The number of ether oxygens (including phenoxy) is 1. The van der Waals surface area contributed by atoms with E-state index in [2.05, 4.69) is 57.6 Å². The molecule has 4 nitrogen and oxygen atoms in total. The number of carboxylic acids is 1. The first-order valence-electron chi connectivity index (χ1n) is 11.5. The van der Waals surface area contributed by atoms with E-state index in [0.717, 1.165) is 35.2 Å². The Kier molecular flexibility index (Phi) is 5.69. The molecule has 2 aliphatic carbocycles. The second-order valence-electron chi connectivity index (χ2n) is 9.37. The maximum absolute atomic E-state index is 12.5. The number of anilines is 1. The van der Waals surface area contributed by atoms with Gasteiger partial charge in [0.2, 0.25) is 0 Å². The van der Waals surface area contributed by atoms with Crippen molar-refractivity contribution in [2.45, 2.75) is 49.0 Å². The summed E-state index contributed by atoms with van der Waals surface area (Å²) >= 11 is 3.50. The Morgan fingerprint density at radius 3 is 2.39 bits per heavy atom. The fourth-order valence-electron chi connectivity index (χ4n) is 6.04. The van der Waals surface area contributed by atoms with Crippen molar-refractivity contribution in [3.8, 4) is 5.75 Å². The van der Waals surface area contributed by atoms with Crippen LogP contribution in [0.2, 0.25) is 0 Å². The van der Waals surface area contributed by atoms with Gasteiger partial charge < -0.3 is 15.2 Å². The number of fused-ring (bicyclic) bond motifs is 2. The molecule has 1 saturated carbocycles. The molecule has 1 atom stereocenters. The van der Waals surface area contributed by atoms with Crippen LogP contribution in [-0.2, 0) is 16.6 Å². The lowest BCUT2D eigenvalue weighted by molar-refractivity contribution is -0.144. The molecule has 0 heterocycles. The third-order valence-electron chi connectivity index (χ3n) is 7.78. The highest BCUT2D eigenvalue weighted by atomic mass is 79.9. The van der Waals surface area contributed by atoms with E-state index in [1.54, 1.807) is 7.11 Å². The lowest BCUT2D eigenvalue weighted by atomic mass is 9.59. The Morgan fingerprint density at radius 2 is 1.73 bits per heavy atom. The first-order chi connectivity index (χ1) is 16.0. The first kappa shape index (κ1) is 22.0. The van der Waals surface area contributed by atoms with E-state index in [-0.39, 0.29) is 5.41 Å². The molecule has 5 rings (SSSR count). The summed E-state index contributed by atoms with van der Waals surface area (Å²) in [7, 11) is 1.69. The zero-order valence-electron chi connectivity index (χ0n) is 18.7. The van der Waals surface area contributed by atoms with Gasteiger partial charge in [-0.05, 0) is 85.0 Å². The normalized spacial score (nSPS) is 26.1. The summed E-state index contributed by atoms with van der Waals surface area (Å²) in [5, 5.41) is 13.7. The predicted octanol–water partition coefficient (Wildman–Crippen LogP) is 6.54. The van der Waals surface area contributed by atoms with Crippen LogP contribution in [0, 0.1) is 0 Å². The molecule has 0 aliphatic heterocycles. The second-order valence-corrected chi connectivity index (χ2v) is 10.3. The van der Waals surface area contributed by atoms with Gasteiger partial charge in [-0.25, -0.2) is 4.79 Å². The average molecular weight is 506 g/mol. The van der Waals surface area contributed by atoms with E-state index >= 15 is 0 Å². The Balaban J connectivity index is 1.49. The third kappa shape index (κ3) is 3.82. The number of halogens is 1. The van der Waals surface area contributed by atoms with Crippen LogP contribution < -0.4 is 10.1 Å². The van der Waals surface area contributed by atoms with Crippen LogP contribution in [0.5, 0.6) is 5.75 Å². The van der Waals surface area contributed by atoms with E-state index in [1.165, 1.54) is 16.7 Å². The molecule has 5 heteroatoms. The van der Waals surface area contributed by atoms with Gasteiger partial charge in [-0.2, -0.15) is 0 Å². The molecular weight excluding hydrogens is 478 g/mol. The maximum atomic E-state index is 12.5. The molecule has 0 radical (unpaired) electrons. The fraction of sp³-hybridized carbons (Fsp3) is 0.321. The number of rotatable bonds is 5. The lowest BCUT2D eigenvalue weighted by Gasteiger charge is -2.47. The minimum atomic E-state index is -0.964. The smallest absolute Gasteiger partial charge is 0.329 e. The Morgan fingerprint density at radius 1 is 1.00 bits per heavy atom. The Labute approximate surface area is 203 Å². The van der Waals surface area contributed by atoms with Crippen molar-refractivity contribution in [2.75, 3.05) is 12.4 Å². The molecule has 0 aromatic heterocycles. The quantitative estimate of drug-likeness (QED) is 0.412. The van der Waals surface area contributed by atoms with Crippen molar-refractivity contribution in [1.82, 2.24) is 0 Å². The van der Waals surface area contributed by atoms with Gasteiger partial charge in [-0.3, -0.25) is 0 Å². The fourth-order valence-corrected chi connectivity index (χ4v) is 6.43. The highest BCUT2D eigenvalue weighted by Gasteiger charge is 2.54. The van der Waals surface area contributed by atoms with Crippen LogP contribution in [0.4, 0.5) is 5.69 Å². The molecule has 170 valence electrons. The van der Waals surface area contributed by atoms with E-state index in [1.807, 2.05) is 36.4 Å². The maximum Gasteiger partial charge on any atom is 0.329 e. The summed E-state index contributed by atoms with van der Waals surface area (Å²) in [6, 6.07) is 24.9. The summed E-state index contributed by atoms with van der Waals surface area (Å²) in [4.78, 5) is 12.5. The summed E-state index contributed by atoms with van der Waals surface area (Å²) in [5.74, 6) is 0.415. The molecule has 3 aromatic carbocycles. The molecule has 1 fully saturated rings. The molecule has 0 amide bonds. The number of hydrogen-bond donors (Lipinski definition) is 2. The molecule has 2 aliphatic rings. The molecule has 2 N–H and O–H groups in total. The summed E-state index contributed by atoms with van der Waals surface area (Å²) in [6.07, 6.45) is 3.80. The van der Waals surface area contributed by atoms with Crippen LogP contribution in [0.3, 0.4) is 0 Å². The first-order valence-corrected chi connectivity index (χ1v) is 12.2. The van der Waals surface area contributed by atoms with E-state index in [9.17, 15) is 9.90 Å². The second kappa shape index (κ2) is 8.53. The summed E-state index contributed by atoms with van der Waals surface area (Å²) in [6.45, 7) is 0. The largest absolute Gasteiger partial charge is 0.497 e. The van der Waals surface area contributed by atoms with Gasteiger partial charge >= 0.3 is 5.97 Å². The Bertz CT molecular complexity index is 1170. The van der Waals surface area contributed by atoms with Gasteiger partial charge in [0.15, 0.2) is 0 Å². The Hall–Kier alpha value is -2.79. The van der Waals surface area contributed by atoms with Crippen molar-refractivity contribution in [2.24, 2.45) is 0 Å². The van der Waals surface area contributed by atoms with Crippen LogP contribution in [0.15, 0.2) is 77.3 Å². The van der Waals surface area contributed by atoms with Crippen molar-refractivity contribution in [3.05, 3.63) is 94.0 Å². The lowest BCUT2D eigenvalue weighted by Crippen LogP contribution is -2.52. The highest BCUT2D eigenvalue weighted by molar-refractivity contribution is 9.10. The number of methoxy groups -OCH3 is 1. The minimum Gasteiger partial charge on any atom is -0.497 e. The zero-order valence-corrected chi connectivity index (χ0v) is 20.3. The summed E-state index contributed by atoms with van der Waals surface area (Å²) < 4.78 is 6.31. The van der Waals surface area contributed by atoms with Crippen LogP contribution in [0.1, 0.15) is 48.3 Å². The van der Waals surface area contributed by atoms with Gasteiger partial charge in [-0.1, -0.05) is 58.4 Å². The number of aliphatic carboxylic acids is 1. The van der Waals surface area contributed by atoms with Gasteiger partial charge in [0.05, 0.1) is 7.11 Å². The molecule has 33 heavy (non-hydrogen) atoms. The predicted molar refractivity (Wildman–Crippen MR) is 134 cm³/mol. The zero-order chi connectivity index (χ0) is 23.1. The van der Waals surface area contributed by atoms with E-state index < -0.39 is 11.5 Å². The standard InChI is InChI=1S/C28H28BrNO3/c1-33-23-11-9-19(10-12-23)25-17-20-5-2-3-8-24(20)27(25)13-15-28(16-14-27,26(31)32)30-22-7-4-6-21(29)18-22/h2-12,18,25,30H,13-17H2,1H3,(H,31,32). The molecular formula is C28H28BrNO3. The van der Waals surface area contributed by atoms with Crippen molar-refractivity contribution < 1.29 is 14.6 Å². The van der Waals surface area contributed by atoms with E-state index in [4.69, 9.17) is 4.74 Å². The summed E-state index contributed by atoms with van der Waals surface area (Å²) in [5.41, 5.74) is 3.90. The van der Waals surface area contributed by atoms with Crippen molar-refractivity contribution in [1.29, 1.82) is 0 Å². The molecule has 3 aromatic rings. The van der Waals surface area contributed by atoms with Gasteiger partial charge in [-0.15, -0.1) is 0 Å². The number of benzene rings is 3. The highest BCUT2D eigenvalue weighted by Crippen LogP contribution is 2.58. The minimum absolute atomic E-state index is 0.0525. The third-order valence-corrected chi connectivity index (χ3v) is 8.27. The SMILES string of the molecule is COc1ccc(C2Cc3ccccc3C23CCC(Nc2cccc(Br)c2)(C(=O)O)CC3)cc1. The number of carboxylic acid groups (broad SMARTS) is 1. The van der Waals surface area contributed by atoms with Crippen LogP contribution in [-0.4, -0.2) is 23.7 Å². The topological polar surface area (TPSA) is 58.6 Å². The molecule has 1 spiro atoms. The monoisotopic (exact) mass is 505 g/mol. The van der Waals surface area contributed by atoms with Crippen LogP contribution >= 0.6 is 15.9 Å².